The molecule has 3 aromatic rings. The summed E-state index contributed by atoms with van der Waals surface area (Å²) in [6.07, 6.45) is 0.446. The molecule has 0 aromatic carbocycles. The Balaban J connectivity index is 1.48. The number of aromatic nitrogens is 4. The third kappa shape index (κ3) is 3.24. The Labute approximate surface area is 151 Å². The van der Waals surface area contributed by atoms with E-state index in [4.69, 9.17) is 0 Å². The lowest BCUT2D eigenvalue weighted by atomic mass is 10.2. The molecule has 0 aliphatic carbocycles. The molecular formula is C16H16F2N6OS. The number of piperazine rings is 1. The molecule has 0 amide bonds. The molecule has 0 spiro atoms. The first-order valence-corrected chi connectivity index (χ1v) is 9.03. The van der Waals surface area contributed by atoms with Gasteiger partial charge in [-0.3, -0.25) is 4.79 Å². The van der Waals surface area contributed by atoms with Gasteiger partial charge in [-0.05, 0) is 11.4 Å². The van der Waals surface area contributed by atoms with Gasteiger partial charge in [-0.1, -0.05) is 0 Å². The summed E-state index contributed by atoms with van der Waals surface area (Å²) in [7, 11) is 0. The summed E-state index contributed by atoms with van der Waals surface area (Å²) in [5.74, 6) is 0.926. The van der Waals surface area contributed by atoms with E-state index in [1.807, 2.05) is 16.3 Å². The predicted octanol–water partition coefficient (Wildman–Crippen LogP) is 1.84. The van der Waals surface area contributed by atoms with Crippen LogP contribution in [-0.4, -0.2) is 52.4 Å². The zero-order valence-electron chi connectivity index (χ0n) is 13.8. The SMILES string of the molecule is O=c1cc(N2CCN(c3ncnc4ccsc34)CC2)cnn1CC(F)F. The van der Waals surface area contributed by atoms with E-state index in [0.717, 1.165) is 33.8 Å². The molecule has 26 heavy (non-hydrogen) atoms. The van der Waals surface area contributed by atoms with E-state index in [2.05, 4.69) is 20.0 Å². The molecule has 1 fully saturated rings. The molecule has 0 unspecified atom stereocenters. The smallest absolute Gasteiger partial charge is 0.269 e. The third-order valence-corrected chi connectivity index (χ3v) is 5.23. The number of hydrogen-bond donors (Lipinski definition) is 0. The fourth-order valence-corrected chi connectivity index (χ4v) is 3.90. The van der Waals surface area contributed by atoms with E-state index in [1.54, 1.807) is 17.7 Å². The zero-order chi connectivity index (χ0) is 18.1. The molecule has 7 nitrogen and oxygen atoms in total. The summed E-state index contributed by atoms with van der Waals surface area (Å²) in [6, 6.07) is 3.34. The Bertz CT molecular complexity index is 967. The molecule has 136 valence electrons. The number of thiophene rings is 1. The van der Waals surface area contributed by atoms with Crippen LogP contribution in [0.5, 0.6) is 0 Å². The standard InChI is InChI=1S/C16H16F2N6OS/c17-13(18)9-24-14(25)7-11(8-21-24)22-2-4-23(5-3-22)16-15-12(1-6-26-15)19-10-20-16/h1,6-8,10,13H,2-5,9H2. The first-order valence-electron chi connectivity index (χ1n) is 8.15. The van der Waals surface area contributed by atoms with Gasteiger partial charge in [-0.25, -0.2) is 23.4 Å². The van der Waals surface area contributed by atoms with Crippen LogP contribution in [0.3, 0.4) is 0 Å². The molecule has 0 bridgehead atoms. The number of fused-ring (bicyclic) bond motifs is 1. The molecule has 1 aliphatic heterocycles. The molecule has 1 saturated heterocycles. The summed E-state index contributed by atoms with van der Waals surface area (Å²) in [4.78, 5) is 24.8. The van der Waals surface area contributed by atoms with Gasteiger partial charge in [0.2, 0.25) is 0 Å². The van der Waals surface area contributed by atoms with Gasteiger partial charge in [0.25, 0.3) is 12.0 Å². The first-order chi connectivity index (χ1) is 12.6. The van der Waals surface area contributed by atoms with E-state index in [1.165, 1.54) is 12.3 Å². The van der Waals surface area contributed by atoms with Crippen molar-refractivity contribution in [1.82, 2.24) is 19.7 Å². The molecule has 3 aromatic heterocycles. The van der Waals surface area contributed by atoms with Gasteiger partial charge in [0, 0.05) is 32.2 Å². The summed E-state index contributed by atoms with van der Waals surface area (Å²) in [5.41, 5.74) is 1.08. The van der Waals surface area contributed by atoms with Crippen LogP contribution in [0.4, 0.5) is 20.3 Å². The Kier molecular flexibility index (Phi) is 4.49. The molecule has 10 heteroatoms. The fourth-order valence-electron chi connectivity index (χ4n) is 3.04. The second-order valence-electron chi connectivity index (χ2n) is 5.93. The van der Waals surface area contributed by atoms with Gasteiger partial charge < -0.3 is 9.80 Å². The first kappa shape index (κ1) is 16.8. The highest BCUT2D eigenvalue weighted by Crippen LogP contribution is 2.28. The van der Waals surface area contributed by atoms with Crippen molar-refractivity contribution >= 4 is 33.1 Å². The number of hydrogen-bond acceptors (Lipinski definition) is 7. The number of nitrogens with zero attached hydrogens (tertiary/aromatic N) is 6. The Hall–Kier alpha value is -2.62. The van der Waals surface area contributed by atoms with Crippen LogP contribution in [-0.2, 0) is 6.54 Å². The van der Waals surface area contributed by atoms with Crippen molar-refractivity contribution in [3.05, 3.63) is 40.4 Å². The zero-order valence-corrected chi connectivity index (χ0v) is 14.6. The van der Waals surface area contributed by atoms with Crippen molar-refractivity contribution in [2.45, 2.75) is 13.0 Å². The van der Waals surface area contributed by atoms with E-state index in [9.17, 15) is 13.6 Å². The van der Waals surface area contributed by atoms with E-state index >= 15 is 0 Å². The fraction of sp³-hybridized carbons (Fsp3) is 0.375. The maximum absolute atomic E-state index is 12.4. The van der Waals surface area contributed by atoms with Crippen LogP contribution in [0.1, 0.15) is 0 Å². The molecular weight excluding hydrogens is 362 g/mol. The van der Waals surface area contributed by atoms with Crippen LogP contribution in [0.2, 0.25) is 0 Å². The van der Waals surface area contributed by atoms with E-state index in [-0.39, 0.29) is 0 Å². The highest BCUT2D eigenvalue weighted by atomic mass is 32.1. The van der Waals surface area contributed by atoms with Crippen LogP contribution in [0.25, 0.3) is 10.2 Å². The van der Waals surface area contributed by atoms with Crippen molar-refractivity contribution < 1.29 is 8.78 Å². The lowest BCUT2D eigenvalue weighted by molar-refractivity contribution is 0.119. The quantitative estimate of drug-likeness (QED) is 0.690. The monoisotopic (exact) mass is 378 g/mol. The number of anilines is 2. The average molecular weight is 378 g/mol. The lowest BCUT2D eigenvalue weighted by Gasteiger charge is -2.36. The van der Waals surface area contributed by atoms with E-state index in [0.29, 0.717) is 18.8 Å². The molecule has 1 aliphatic rings. The summed E-state index contributed by atoms with van der Waals surface area (Å²) < 4.78 is 26.7. The van der Waals surface area contributed by atoms with E-state index < -0.39 is 18.5 Å². The van der Waals surface area contributed by atoms with Gasteiger partial charge in [0.1, 0.15) is 18.7 Å². The summed E-state index contributed by atoms with van der Waals surface area (Å²) in [6.45, 7) is 2.18. The summed E-state index contributed by atoms with van der Waals surface area (Å²) in [5, 5.41) is 5.85. The largest absolute Gasteiger partial charge is 0.367 e. The van der Waals surface area contributed by atoms with Crippen molar-refractivity contribution in [2.75, 3.05) is 36.0 Å². The minimum atomic E-state index is -2.60. The summed E-state index contributed by atoms with van der Waals surface area (Å²) >= 11 is 1.62. The third-order valence-electron chi connectivity index (χ3n) is 4.33. The van der Waals surface area contributed by atoms with Crippen LogP contribution >= 0.6 is 11.3 Å². The molecule has 0 atom stereocenters. The van der Waals surface area contributed by atoms with Gasteiger partial charge in [-0.2, -0.15) is 5.10 Å². The van der Waals surface area contributed by atoms with Crippen molar-refractivity contribution in [1.29, 1.82) is 0 Å². The van der Waals surface area contributed by atoms with Crippen LogP contribution < -0.4 is 15.4 Å². The maximum atomic E-state index is 12.4. The topological polar surface area (TPSA) is 67.2 Å². The highest BCUT2D eigenvalue weighted by molar-refractivity contribution is 7.17. The van der Waals surface area contributed by atoms with Crippen molar-refractivity contribution in [3.63, 3.8) is 0 Å². The molecule has 4 rings (SSSR count). The van der Waals surface area contributed by atoms with Gasteiger partial charge in [0.15, 0.2) is 0 Å². The van der Waals surface area contributed by atoms with Crippen LogP contribution in [0.15, 0.2) is 34.8 Å². The number of rotatable bonds is 4. The average Bonchev–Trinajstić information content (AvgIpc) is 3.12. The number of alkyl halides is 2. The lowest BCUT2D eigenvalue weighted by Crippen LogP contribution is -2.47. The van der Waals surface area contributed by atoms with Crippen molar-refractivity contribution in [3.8, 4) is 0 Å². The Morgan fingerprint density at radius 3 is 2.65 bits per heavy atom. The molecule has 0 saturated carbocycles. The second-order valence-corrected chi connectivity index (χ2v) is 6.85. The minimum absolute atomic E-state index is 0.513. The number of halogens is 2. The Morgan fingerprint density at radius 1 is 1.15 bits per heavy atom. The Morgan fingerprint density at radius 2 is 1.92 bits per heavy atom. The van der Waals surface area contributed by atoms with Crippen molar-refractivity contribution in [2.24, 2.45) is 0 Å². The molecule has 0 radical (unpaired) electrons. The van der Waals surface area contributed by atoms with Gasteiger partial charge in [-0.15, -0.1) is 11.3 Å². The minimum Gasteiger partial charge on any atom is -0.367 e. The van der Waals surface area contributed by atoms with Gasteiger partial charge in [0.05, 0.1) is 22.1 Å². The maximum Gasteiger partial charge on any atom is 0.269 e. The molecule has 0 N–H and O–H groups in total. The molecule has 4 heterocycles. The normalized spacial score (nSPS) is 15.2. The van der Waals surface area contributed by atoms with Gasteiger partial charge >= 0.3 is 0 Å². The predicted molar refractivity (Wildman–Crippen MR) is 96.3 cm³/mol. The highest BCUT2D eigenvalue weighted by Gasteiger charge is 2.21. The van der Waals surface area contributed by atoms with Crippen LogP contribution in [0, 0.1) is 0 Å². The second kappa shape index (κ2) is 6.94.